The number of nitrogens with one attached hydrogen (secondary N) is 1. The van der Waals surface area contributed by atoms with Gasteiger partial charge in [0.05, 0.1) is 25.2 Å². The Bertz CT molecular complexity index is 1040. The molecule has 3 N–H and O–H groups in total. The largest absolute Gasteiger partial charge is 0.494 e. The van der Waals surface area contributed by atoms with E-state index in [2.05, 4.69) is 21.9 Å². The quantitative estimate of drug-likeness (QED) is 0.456. The van der Waals surface area contributed by atoms with Crippen molar-refractivity contribution >= 4 is 34.4 Å². The molecule has 1 aromatic carbocycles. The van der Waals surface area contributed by atoms with E-state index in [0.29, 0.717) is 48.1 Å². The smallest absolute Gasteiger partial charge is 0.407 e. The minimum Gasteiger partial charge on any atom is -0.494 e. The fraction of sp³-hybridized carbons (Fsp3) is 0.480. The zero-order valence-electron chi connectivity index (χ0n) is 20.1. The summed E-state index contributed by atoms with van der Waals surface area (Å²) in [7, 11) is 0. The van der Waals surface area contributed by atoms with Gasteiger partial charge in [-0.05, 0) is 69.6 Å². The van der Waals surface area contributed by atoms with Crippen LogP contribution in [0.4, 0.5) is 10.6 Å². The molecule has 1 aliphatic rings. The van der Waals surface area contributed by atoms with Crippen LogP contribution in [0.15, 0.2) is 36.1 Å². The lowest BCUT2D eigenvalue weighted by Gasteiger charge is -2.29. The highest BCUT2D eigenvalue weighted by molar-refractivity contribution is 6.65. The number of ether oxygens (including phenoxy) is 2. The monoisotopic (exact) mass is 487 g/mol. The first-order chi connectivity index (χ1) is 16.3. The Balaban J connectivity index is 1.46. The van der Waals surface area contributed by atoms with Crippen LogP contribution in [-0.2, 0) is 11.3 Å². The van der Waals surface area contributed by atoms with Crippen molar-refractivity contribution in [3.05, 3.63) is 47.9 Å². The van der Waals surface area contributed by atoms with Crippen LogP contribution in [-0.4, -0.2) is 34.0 Å². The number of hydrogen-bond donors (Lipinski definition) is 2. The fourth-order valence-corrected chi connectivity index (χ4v) is 4.33. The van der Waals surface area contributed by atoms with Gasteiger partial charge in [-0.2, -0.15) is 0 Å². The van der Waals surface area contributed by atoms with Crippen molar-refractivity contribution in [1.29, 1.82) is 0 Å². The van der Waals surface area contributed by atoms with Gasteiger partial charge in [-0.25, -0.2) is 14.8 Å². The van der Waals surface area contributed by atoms with Crippen molar-refractivity contribution in [3.8, 4) is 5.75 Å². The van der Waals surface area contributed by atoms with Crippen LogP contribution < -0.4 is 15.8 Å². The molecule has 1 aromatic heterocycles. The first-order valence-electron chi connectivity index (χ1n) is 11.6. The van der Waals surface area contributed by atoms with E-state index in [1.54, 1.807) is 13.3 Å². The highest BCUT2D eigenvalue weighted by Gasteiger charge is 2.26. The van der Waals surface area contributed by atoms with Gasteiger partial charge in [-0.15, -0.1) is 0 Å². The number of imidazole rings is 1. The molecule has 1 fully saturated rings. The second kappa shape index (κ2) is 11.9. The Morgan fingerprint density at radius 1 is 1.35 bits per heavy atom. The van der Waals surface area contributed by atoms with Crippen molar-refractivity contribution in [1.82, 2.24) is 14.9 Å². The van der Waals surface area contributed by atoms with Gasteiger partial charge in [0.15, 0.2) is 5.82 Å². The average molecular weight is 488 g/mol. The second-order valence-electron chi connectivity index (χ2n) is 8.62. The third-order valence-corrected chi connectivity index (χ3v) is 6.05. The lowest BCUT2D eigenvalue weighted by Crippen LogP contribution is -2.28. The average Bonchev–Trinajstić information content (AvgIpc) is 3.21. The van der Waals surface area contributed by atoms with E-state index in [-0.39, 0.29) is 6.04 Å². The minimum atomic E-state index is -0.399. The second-order valence-corrected chi connectivity index (χ2v) is 9.16. The molecule has 0 bridgehead atoms. The van der Waals surface area contributed by atoms with Gasteiger partial charge >= 0.3 is 6.09 Å². The highest BCUT2D eigenvalue weighted by atomic mass is 35.5. The molecule has 0 spiro atoms. The first-order valence-corrected chi connectivity index (χ1v) is 12.0. The predicted molar refractivity (Wildman–Crippen MR) is 136 cm³/mol. The minimum absolute atomic E-state index is 0.239. The van der Waals surface area contributed by atoms with Crippen LogP contribution in [0.3, 0.4) is 0 Å². The zero-order valence-corrected chi connectivity index (χ0v) is 20.9. The van der Waals surface area contributed by atoms with Crippen molar-refractivity contribution in [2.24, 2.45) is 16.6 Å². The molecule has 34 heavy (non-hydrogen) atoms. The number of aryl methyl sites for hydroxylation is 1. The first kappa shape index (κ1) is 25.6. The molecule has 9 heteroatoms. The van der Waals surface area contributed by atoms with Gasteiger partial charge in [0, 0.05) is 12.6 Å². The number of nitrogens with zero attached hydrogens (tertiary/aromatic N) is 3. The molecule has 8 nitrogen and oxygen atoms in total. The number of hydrogen-bond acceptors (Lipinski definition) is 6. The molecule has 0 saturated heterocycles. The third-order valence-electron chi connectivity index (χ3n) is 5.97. The molecule has 0 unspecified atom stereocenters. The van der Waals surface area contributed by atoms with Crippen LogP contribution >= 0.6 is 11.6 Å². The standard InChI is InChI=1S/C25H34ClN5O3/c1-5-33-22-11-8-20(12-16(22)2)13-28-25(32)34-14-19-6-9-21(10-7-19)31-15-29-23(17(3)27)24(31)30-18(4)26/h8,11-12,15,19,21H,3,5-7,9-10,13-14,27H2,1-2,4H3,(H,28,32)/b30-18+. The van der Waals surface area contributed by atoms with Crippen molar-refractivity contribution in [2.45, 2.75) is 59.0 Å². The maximum absolute atomic E-state index is 12.2. The summed E-state index contributed by atoms with van der Waals surface area (Å²) in [6, 6.07) is 6.13. The number of benzene rings is 1. The van der Waals surface area contributed by atoms with E-state index in [1.165, 1.54) is 0 Å². The SMILES string of the molecule is C=C(N)c1ncn(C2CCC(COC(=O)NCc3ccc(OCC)c(C)c3)CC2)c1/N=C(\C)Cl. The molecule has 0 aliphatic heterocycles. The molecular formula is C25H34ClN5O3. The molecule has 184 valence electrons. The fourth-order valence-electron chi connectivity index (χ4n) is 4.25. The van der Waals surface area contributed by atoms with Gasteiger partial charge in [0.1, 0.15) is 16.6 Å². The van der Waals surface area contributed by atoms with Crippen molar-refractivity contribution in [3.63, 3.8) is 0 Å². The number of aromatic nitrogens is 2. The molecule has 0 atom stereocenters. The molecule has 1 aliphatic carbocycles. The van der Waals surface area contributed by atoms with Gasteiger partial charge in [-0.3, -0.25) is 0 Å². The molecule has 1 amide bonds. The number of rotatable bonds is 9. The topological polar surface area (TPSA) is 104 Å². The van der Waals surface area contributed by atoms with Gasteiger partial charge in [0.25, 0.3) is 0 Å². The Morgan fingerprint density at radius 2 is 2.09 bits per heavy atom. The van der Waals surface area contributed by atoms with Crippen LogP contribution in [0.25, 0.3) is 5.70 Å². The van der Waals surface area contributed by atoms with E-state index >= 15 is 0 Å². The summed E-state index contributed by atoms with van der Waals surface area (Å²) < 4.78 is 13.1. The molecule has 2 aromatic rings. The summed E-state index contributed by atoms with van der Waals surface area (Å²) in [5.41, 5.74) is 8.84. The van der Waals surface area contributed by atoms with E-state index < -0.39 is 6.09 Å². The maximum Gasteiger partial charge on any atom is 0.407 e. The van der Waals surface area contributed by atoms with Gasteiger partial charge < -0.3 is 25.1 Å². The third kappa shape index (κ3) is 6.76. The van der Waals surface area contributed by atoms with Crippen LogP contribution in [0.5, 0.6) is 5.75 Å². The molecule has 0 radical (unpaired) electrons. The number of amides is 1. The molecule has 3 rings (SSSR count). The summed E-state index contributed by atoms with van der Waals surface area (Å²) in [6.45, 7) is 10.9. The maximum atomic E-state index is 12.2. The summed E-state index contributed by atoms with van der Waals surface area (Å²) in [6.07, 6.45) is 5.09. The Labute approximate surface area is 206 Å². The summed E-state index contributed by atoms with van der Waals surface area (Å²) in [5.74, 6) is 1.83. The van der Waals surface area contributed by atoms with Crippen molar-refractivity contribution < 1.29 is 14.3 Å². The van der Waals surface area contributed by atoms with E-state index in [1.807, 2.05) is 36.6 Å². The molecule has 1 heterocycles. The molecule has 1 saturated carbocycles. The Hall–Kier alpha value is -3.00. The summed E-state index contributed by atoms with van der Waals surface area (Å²) in [5, 5.41) is 3.24. The zero-order chi connectivity index (χ0) is 24.7. The summed E-state index contributed by atoms with van der Waals surface area (Å²) in [4.78, 5) is 21.0. The summed E-state index contributed by atoms with van der Waals surface area (Å²) >= 11 is 6.02. The highest BCUT2D eigenvalue weighted by Crippen LogP contribution is 2.36. The van der Waals surface area contributed by atoms with E-state index in [4.69, 9.17) is 26.8 Å². The Morgan fingerprint density at radius 3 is 2.71 bits per heavy atom. The lowest BCUT2D eigenvalue weighted by atomic mass is 9.86. The number of alkyl carbamates (subject to hydrolysis) is 1. The number of nitrogens with two attached hydrogens (primary N) is 1. The number of aliphatic imine (C=N–C) groups is 1. The lowest BCUT2D eigenvalue weighted by molar-refractivity contribution is 0.109. The number of halogens is 1. The predicted octanol–water partition coefficient (Wildman–Crippen LogP) is 5.47. The van der Waals surface area contributed by atoms with E-state index in [0.717, 1.165) is 42.6 Å². The van der Waals surface area contributed by atoms with Crippen LogP contribution in [0.1, 0.15) is 62.4 Å². The van der Waals surface area contributed by atoms with Crippen LogP contribution in [0.2, 0.25) is 0 Å². The van der Waals surface area contributed by atoms with Gasteiger partial charge in [0.2, 0.25) is 0 Å². The van der Waals surface area contributed by atoms with Gasteiger partial charge in [-0.1, -0.05) is 30.3 Å². The number of carbonyl (C=O) groups is 1. The molecular weight excluding hydrogens is 454 g/mol. The van der Waals surface area contributed by atoms with E-state index in [9.17, 15) is 4.79 Å². The number of carbonyl (C=O) groups excluding carboxylic acids is 1. The Kier molecular flexibility index (Phi) is 8.98. The normalized spacial score (nSPS) is 18.4. The van der Waals surface area contributed by atoms with Crippen molar-refractivity contribution in [2.75, 3.05) is 13.2 Å². The van der Waals surface area contributed by atoms with Crippen LogP contribution in [0, 0.1) is 12.8 Å².